The van der Waals surface area contributed by atoms with Crippen LogP contribution in [0.4, 0.5) is 5.69 Å². The Labute approximate surface area is 149 Å². The average molecular weight is 355 g/mol. The van der Waals surface area contributed by atoms with Crippen LogP contribution in [0.5, 0.6) is 0 Å². The van der Waals surface area contributed by atoms with Gasteiger partial charge in [0.2, 0.25) is 0 Å². The maximum Gasteiger partial charge on any atom is 0.339 e. The second kappa shape index (κ2) is 7.68. The Balaban J connectivity index is 1.73. The van der Waals surface area contributed by atoms with Gasteiger partial charge in [0.15, 0.2) is 0 Å². The van der Waals surface area contributed by atoms with Crippen molar-refractivity contribution < 1.29 is 13.9 Å². The van der Waals surface area contributed by atoms with Crippen LogP contribution in [0.25, 0.3) is 11.3 Å². The molecule has 0 amide bonds. The molecule has 0 bridgehead atoms. The van der Waals surface area contributed by atoms with Gasteiger partial charge in [-0.05, 0) is 36.4 Å². The molecule has 0 aliphatic rings. The highest BCUT2D eigenvalue weighted by Crippen LogP contribution is 2.27. The topological polar surface area (TPSA) is 63.8 Å². The van der Waals surface area contributed by atoms with Gasteiger partial charge in [-0.3, -0.25) is 5.43 Å². The van der Waals surface area contributed by atoms with E-state index in [1.165, 1.54) is 7.11 Å². The van der Waals surface area contributed by atoms with Crippen molar-refractivity contribution in [3.63, 3.8) is 0 Å². The van der Waals surface area contributed by atoms with Gasteiger partial charge < -0.3 is 9.15 Å². The van der Waals surface area contributed by atoms with Gasteiger partial charge in [0.1, 0.15) is 11.5 Å². The number of hydrazone groups is 1. The zero-order valence-corrected chi connectivity index (χ0v) is 14.2. The number of carbonyl (C=O) groups is 1. The SMILES string of the molecule is COC(=O)c1ccc(-c2ccc(C=NNc3ccccc3)o2)cc1Cl. The Kier molecular flexibility index (Phi) is 5.16. The summed E-state index contributed by atoms with van der Waals surface area (Å²) >= 11 is 6.13. The number of rotatable bonds is 5. The van der Waals surface area contributed by atoms with E-state index in [-0.39, 0.29) is 0 Å². The van der Waals surface area contributed by atoms with E-state index in [1.807, 2.05) is 36.4 Å². The first-order valence-corrected chi connectivity index (χ1v) is 7.87. The molecule has 0 spiro atoms. The van der Waals surface area contributed by atoms with Crippen LogP contribution in [0.1, 0.15) is 16.1 Å². The Hall–Kier alpha value is -3.05. The second-order valence-corrected chi connectivity index (χ2v) is 5.53. The van der Waals surface area contributed by atoms with Gasteiger partial charge in [-0.15, -0.1) is 0 Å². The molecule has 2 aromatic carbocycles. The van der Waals surface area contributed by atoms with Gasteiger partial charge in [-0.25, -0.2) is 4.79 Å². The van der Waals surface area contributed by atoms with E-state index in [9.17, 15) is 4.79 Å². The van der Waals surface area contributed by atoms with Gasteiger partial charge in [0.05, 0.1) is 29.6 Å². The maximum absolute atomic E-state index is 11.6. The summed E-state index contributed by atoms with van der Waals surface area (Å²) in [6.45, 7) is 0. The lowest BCUT2D eigenvalue weighted by Crippen LogP contribution is -2.01. The normalized spacial score (nSPS) is 10.8. The Morgan fingerprint density at radius 3 is 2.68 bits per heavy atom. The van der Waals surface area contributed by atoms with E-state index in [4.69, 9.17) is 16.0 Å². The molecule has 0 saturated carbocycles. The molecule has 126 valence electrons. The third-order valence-corrected chi connectivity index (χ3v) is 3.76. The van der Waals surface area contributed by atoms with Gasteiger partial charge in [0, 0.05) is 5.56 Å². The van der Waals surface area contributed by atoms with Crippen molar-refractivity contribution in [2.75, 3.05) is 12.5 Å². The molecule has 0 atom stereocenters. The largest absolute Gasteiger partial charge is 0.465 e. The van der Waals surface area contributed by atoms with E-state index in [1.54, 1.807) is 30.5 Å². The fraction of sp³-hybridized carbons (Fsp3) is 0.0526. The van der Waals surface area contributed by atoms with E-state index in [0.717, 1.165) is 11.3 Å². The van der Waals surface area contributed by atoms with Gasteiger partial charge >= 0.3 is 5.97 Å². The molecule has 5 nitrogen and oxygen atoms in total. The monoisotopic (exact) mass is 354 g/mol. The van der Waals surface area contributed by atoms with Crippen LogP contribution >= 0.6 is 11.6 Å². The minimum atomic E-state index is -0.476. The van der Waals surface area contributed by atoms with Crippen LogP contribution in [0.3, 0.4) is 0 Å². The summed E-state index contributed by atoms with van der Waals surface area (Å²) in [6, 6.07) is 18.2. The van der Waals surface area contributed by atoms with Crippen molar-refractivity contribution in [1.29, 1.82) is 0 Å². The quantitative estimate of drug-likeness (QED) is 0.405. The lowest BCUT2D eigenvalue weighted by atomic mass is 10.1. The Morgan fingerprint density at radius 1 is 1.16 bits per heavy atom. The molecule has 0 aliphatic heterocycles. The van der Waals surface area contributed by atoms with Crippen molar-refractivity contribution in [3.05, 3.63) is 77.0 Å². The van der Waals surface area contributed by atoms with E-state index < -0.39 is 5.97 Å². The first-order valence-electron chi connectivity index (χ1n) is 7.49. The van der Waals surface area contributed by atoms with Crippen molar-refractivity contribution in [2.45, 2.75) is 0 Å². The number of hydrogen-bond acceptors (Lipinski definition) is 5. The fourth-order valence-electron chi connectivity index (χ4n) is 2.20. The van der Waals surface area contributed by atoms with Crippen molar-refractivity contribution in [2.24, 2.45) is 5.10 Å². The lowest BCUT2D eigenvalue weighted by molar-refractivity contribution is 0.0601. The smallest absolute Gasteiger partial charge is 0.339 e. The molecular formula is C19H15ClN2O3. The van der Waals surface area contributed by atoms with Crippen LogP contribution in [-0.2, 0) is 4.74 Å². The minimum Gasteiger partial charge on any atom is -0.465 e. The number of anilines is 1. The van der Waals surface area contributed by atoms with Gasteiger partial charge in [0.25, 0.3) is 0 Å². The van der Waals surface area contributed by atoms with Crippen molar-refractivity contribution >= 4 is 29.5 Å². The number of para-hydroxylation sites is 1. The molecule has 0 unspecified atom stereocenters. The maximum atomic E-state index is 11.6. The van der Waals surface area contributed by atoms with Crippen molar-refractivity contribution in [1.82, 2.24) is 0 Å². The fourth-order valence-corrected chi connectivity index (χ4v) is 2.46. The summed E-state index contributed by atoms with van der Waals surface area (Å²) in [5, 5.41) is 4.44. The number of esters is 1. The summed E-state index contributed by atoms with van der Waals surface area (Å²) in [4.78, 5) is 11.6. The first kappa shape index (κ1) is 16.8. The molecule has 6 heteroatoms. The Morgan fingerprint density at radius 2 is 1.96 bits per heavy atom. The summed E-state index contributed by atoms with van der Waals surface area (Å²) < 4.78 is 10.4. The number of carbonyl (C=O) groups excluding carboxylic acids is 1. The number of methoxy groups -OCH3 is 1. The minimum absolute atomic E-state index is 0.307. The highest BCUT2D eigenvalue weighted by atomic mass is 35.5. The summed E-state index contributed by atoms with van der Waals surface area (Å²) in [5.74, 6) is 0.738. The van der Waals surface area contributed by atoms with E-state index >= 15 is 0 Å². The zero-order valence-electron chi connectivity index (χ0n) is 13.4. The van der Waals surface area contributed by atoms with Crippen LogP contribution < -0.4 is 5.43 Å². The van der Waals surface area contributed by atoms with Crippen LogP contribution in [-0.4, -0.2) is 19.3 Å². The highest BCUT2D eigenvalue weighted by molar-refractivity contribution is 6.33. The number of hydrogen-bond donors (Lipinski definition) is 1. The number of halogens is 1. The average Bonchev–Trinajstić information content (AvgIpc) is 3.11. The van der Waals surface area contributed by atoms with Crippen LogP contribution in [0.15, 0.2) is 70.2 Å². The van der Waals surface area contributed by atoms with Crippen LogP contribution in [0, 0.1) is 0 Å². The van der Waals surface area contributed by atoms with Gasteiger partial charge in [-0.2, -0.15) is 5.10 Å². The van der Waals surface area contributed by atoms with Crippen molar-refractivity contribution in [3.8, 4) is 11.3 Å². The molecule has 1 aromatic heterocycles. The van der Waals surface area contributed by atoms with E-state index in [0.29, 0.717) is 22.1 Å². The standard InChI is InChI=1S/C19H15ClN2O3/c1-24-19(23)16-9-7-13(11-17(16)20)18-10-8-15(25-18)12-21-22-14-5-3-2-4-6-14/h2-12,22H,1H3. The number of ether oxygens (including phenoxy) is 1. The first-order chi connectivity index (χ1) is 12.2. The third-order valence-electron chi connectivity index (χ3n) is 3.44. The molecule has 1 N–H and O–H groups in total. The highest BCUT2D eigenvalue weighted by Gasteiger charge is 2.12. The molecule has 0 fully saturated rings. The number of furan rings is 1. The molecule has 1 heterocycles. The summed E-state index contributed by atoms with van der Waals surface area (Å²) in [5.41, 5.74) is 4.87. The number of nitrogens with one attached hydrogen (secondary N) is 1. The molecule has 3 aromatic rings. The number of benzene rings is 2. The zero-order chi connectivity index (χ0) is 17.6. The third kappa shape index (κ3) is 4.08. The van der Waals surface area contributed by atoms with Gasteiger partial charge in [-0.1, -0.05) is 35.9 Å². The second-order valence-electron chi connectivity index (χ2n) is 5.12. The predicted octanol–water partition coefficient (Wildman–Crippen LogP) is 4.83. The molecule has 3 rings (SSSR count). The molecule has 0 saturated heterocycles. The Bertz CT molecular complexity index is 904. The molecular weight excluding hydrogens is 340 g/mol. The van der Waals surface area contributed by atoms with E-state index in [2.05, 4.69) is 15.3 Å². The molecule has 0 radical (unpaired) electrons. The lowest BCUT2D eigenvalue weighted by Gasteiger charge is -2.04. The van der Waals surface area contributed by atoms with Crippen LogP contribution in [0.2, 0.25) is 5.02 Å². The number of nitrogens with zero attached hydrogens (tertiary/aromatic N) is 1. The molecule has 0 aliphatic carbocycles. The summed E-state index contributed by atoms with van der Waals surface area (Å²) in [6.07, 6.45) is 1.58. The predicted molar refractivity (Wildman–Crippen MR) is 98.2 cm³/mol. The molecule has 25 heavy (non-hydrogen) atoms. The summed E-state index contributed by atoms with van der Waals surface area (Å²) in [7, 11) is 1.31.